The van der Waals surface area contributed by atoms with E-state index in [1.807, 2.05) is 36.1 Å². The number of halogens is 3. The van der Waals surface area contributed by atoms with E-state index in [4.69, 9.17) is 10.5 Å². The van der Waals surface area contributed by atoms with E-state index < -0.39 is 23.4 Å². The molecule has 0 aliphatic carbocycles. The maximum Gasteiger partial charge on any atom is 0.416 e. The van der Waals surface area contributed by atoms with Crippen molar-refractivity contribution >= 4 is 29.2 Å². The van der Waals surface area contributed by atoms with Crippen LogP contribution in [0.25, 0.3) is 0 Å². The number of nitrogens with zero attached hydrogens (tertiary/aromatic N) is 2. The SMILES string of the molecule is Cc1ccc(C(=O)Nc2cc(C(F)(F)F)ccc2N2CCOCC2)cc1C1(N)N=Cc2ccccc2N1. The van der Waals surface area contributed by atoms with Crippen LogP contribution in [0.15, 0.2) is 65.7 Å². The molecule has 0 radical (unpaired) electrons. The number of anilines is 3. The first-order valence-electron chi connectivity index (χ1n) is 11.8. The van der Waals surface area contributed by atoms with Gasteiger partial charge in [0.05, 0.1) is 30.2 Å². The van der Waals surface area contributed by atoms with Gasteiger partial charge in [0.1, 0.15) is 0 Å². The van der Waals surface area contributed by atoms with Crippen molar-refractivity contribution in [3.63, 3.8) is 0 Å². The molecule has 1 unspecified atom stereocenters. The number of amides is 1. The van der Waals surface area contributed by atoms with Crippen molar-refractivity contribution in [1.82, 2.24) is 0 Å². The number of morpholine rings is 1. The van der Waals surface area contributed by atoms with Gasteiger partial charge in [-0.2, -0.15) is 13.2 Å². The smallest absolute Gasteiger partial charge is 0.378 e. The minimum atomic E-state index is -4.55. The second-order valence-electron chi connectivity index (χ2n) is 9.05. The summed E-state index contributed by atoms with van der Waals surface area (Å²) < 4.78 is 45.8. The van der Waals surface area contributed by atoms with Crippen molar-refractivity contribution in [2.24, 2.45) is 10.7 Å². The summed E-state index contributed by atoms with van der Waals surface area (Å²) in [7, 11) is 0. The number of aliphatic imine (C=N–C) groups is 1. The molecular weight excluding hydrogens is 483 g/mol. The molecule has 0 spiro atoms. The van der Waals surface area contributed by atoms with Crippen LogP contribution in [0.1, 0.15) is 32.6 Å². The zero-order chi connectivity index (χ0) is 26.2. The summed E-state index contributed by atoms with van der Waals surface area (Å²) in [5.41, 5.74) is 9.66. The summed E-state index contributed by atoms with van der Waals surface area (Å²) in [6.07, 6.45) is -2.87. The van der Waals surface area contributed by atoms with E-state index >= 15 is 0 Å². The number of alkyl halides is 3. The van der Waals surface area contributed by atoms with Crippen LogP contribution in [0.5, 0.6) is 0 Å². The van der Waals surface area contributed by atoms with Crippen molar-refractivity contribution in [1.29, 1.82) is 0 Å². The number of carbonyl (C=O) groups excluding carboxylic acids is 1. The van der Waals surface area contributed by atoms with Gasteiger partial charge in [-0.25, -0.2) is 4.99 Å². The van der Waals surface area contributed by atoms with E-state index in [-0.39, 0.29) is 11.3 Å². The first-order chi connectivity index (χ1) is 17.6. The second kappa shape index (κ2) is 9.53. The van der Waals surface area contributed by atoms with Gasteiger partial charge in [-0.1, -0.05) is 24.3 Å². The van der Waals surface area contributed by atoms with Crippen LogP contribution in [0.2, 0.25) is 0 Å². The summed E-state index contributed by atoms with van der Waals surface area (Å²) >= 11 is 0. The number of hydrogen-bond donors (Lipinski definition) is 3. The highest BCUT2D eigenvalue weighted by Gasteiger charge is 2.33. The number of nitrogens with one attached hydrogen (secondary N) is 2. The van der Waals surface area contributed by atoms with Gasteiger partial charge < -0.3 is 20.3 Å². The molecule has 0 aromatic heterocycles. The molecule has 1 amide bonds. The Hall–Kier alpha value is -3.89. The molecule has 3 aromatic rings. The molecule has 2 heterocycles. The third-order valence-electron chi connectivity index (χ3n) is 6.53. The largest absolute Gasteiger partial charge is 0.416 e. The van der Waals surface area contributed by atoms with E-state index in [9.17, 15) is 18.0 Å². The first kappa shape index (κ1) is 24.8. The van der Waals surface area contributed by atoms with Gasteiger partial charge in [0.2, 0.25) is 5.79 Å². The van der Waals surface area contributed by atoms with E-state index in [1.165, 1.54) is 6.07 Å². The Bertz CT molecular complexity index is 1370. The predicted molar refractivity (Wildman–Crippen MR) is 137 cm³/mol. The molecule has 0 bridgehead atoms. The summed E-state index contributed by atoms with van der Waals surface area (Å²) in [5.74, 6) is -1.87. The molecule has 2 aliphatic heterocycles. The number of aryl methyl sites for hydroxylation is 1. The maximum atomic E-state index is 13.5. The molecule has 192 valence electrons. The number of ether oxygens (including phenoxy) is 1. The minimum Gasteiger partial charge on any atom is -0.378 e. The lowest BCUT2D eigenvalue weighted by atomic mass is 9.97. The number of para-hydroxylation sites is 1. The Kier molecular flexibility index (Phi) is 6.38. The molecule has 0 saturated carbocycles. The fraction of sp³-hybridized carbons (Fsp3) is 0.259. The van der Waals surface area contributed by atoms with E-state index in [0.29, 0.717) is 37.6 Å². The summed E-state index contributed by atoms with van der Waals surface area (Å²) in [5, 5.41) is 5.92. The molecule has 1 saturated heterocycles. The predicted octanol–water partition coefficient (Wildman–Crippen LogP) is 4.72. The lowest BCUT2D eigenvalue weighted by molar-refractivity contribution is -0.137. The highest BCUT2D eigenvalue weighted by atomic mass is 19.4. The van der Waals surface area contributed by atoms with Crippen LogP contribution in [-0.4, -0.2) is 38.4 Å². The molecule has 1 atom stereocenters. The van der Waals surface area contributed by atoms with Crippen LogP contribution < -0.4 is 21.3 Å². The Labute approximate surface area is 212 Å². The molecule has 7 nitrogen and oxygen atoms in total. The van der Waals surface area contributed by atoms with Gasteiger partial charge in [-0.3, -0.25) is 10.5 Å². The number of rotatable bonds is 4. The van der Waals surface area contributed by atoms with Crippen LogP contribution in [-0.2, 0) is 16.7 Å². The second-order valence-corrected chi connectivity index (χ2v) is 9.05. The zero-order valence-corrected chi connectivity index (χ0v) is 20.1. The molecule has 4 N–H and O–H groups in total. The third-order valence-corrected chi connectivity index (χ3v) is 6.53. The van der Waals surface area contributed by atoms with Crippen molar-refractivity contribution in [3.05, 3.63) is 88.5 Å². The van der Waals surface area contributed by atoms with Crippen molar-refractivity contribution in [2.75, 3.05) is 41.8 Å². The normalized spacial score (nSPS) is 19.2. The molecule has 37 heavy (non-hydrogen) atoms. The number of carbonyl (C=O) groups is 1. The monoisotopic (exact) mass is 509 g/mol. The maximum absolute atomic E-state index is 13.5. The summed E-state index contributed by atoms with van der Waals surface area (Å²) in [6.45, 7) is 3.76. The Morgan fingerprint density at radius 1 is 1.11 bits per heavy atom. The quantitative estimate of drug-likeness (QED) is 0.474. The van der Waals surface area contributed by atoms with Gasteiger partial charge in [-0.05, 0) is 48.9 Å². The van der Waals surface area contributed by atoms with Gasteiger partial charge >= 0.3 is 6.18 Å². The molecule has 2 aliphatic rings. The van der Waals surface area contributed by atoms with Crippen molar-refractivity contribution in [2.45, 2.75) is 18.9 Å². The number of fused-ring (bicyclic) bond motifs is 1. The fourth-order valence-corrected chi connectivity index (χ4v) is 4.53. The Morgan fingerprint density at radius 3 is 2.62 bits per heavy atom. The van der Waals surface area contributed by atoms with E-state index in [2.05, 4.69) is 15.6 Å². The van der Waals surface area contributed by atoms with Gasteiger partial charge in [0, 0.05) is 41.7 Å². The Morgan fingerprint density at radius 2 is 1.86 bits per heavy atom. The fourth-order valence-electron chi connectivity index (χ4n) is 4.53. The van der Waals surface area contributed by atoms with Crippen LogP contribution in [0.4, 0.5) is 30.2 Å². The number of benzene rings is 3. The zero-order valence-electron chi connectivity index (χ0n) is 20.1. The van der Waals surface area contributed by atoms with Crippen LogP contribution >= 0.6 is 0 Å². The first-order valence-corrected chi connectivity index (χ1v) is 11.8. The van der Waals surface area contributed by atoms with Gasteiger partial charge in [0.25, 0.3) is 5.91 Å². The van der Waals surface area contributed by atoms with Gasteiger partial charge in [0.15, 0.2) is 0 Å². The summed E-state index contributed by atoms with van der Waals surface area (Å²) in [6, 6.07) is 15.9. The lowest BCUT2D eigenvalue weighted by Crippen LogP contribution is -2.45. The third kappa shape index (κ3) is 5.03. The van der Waals surface area contributed by atoms with Gasteiger partial charge in [-0.15, -0.1) is 0 Å². The highest BCUT2D eigenvalue weighted by molar-refractivity contribution is 6.06. The molecule has 10 heteroatoms. The summed E-state index contributed by atoms with van der Waals surface area (Å²) in [4.78, 5) is 19.7. The molecule has 1 fully saturated rings. The topological polar surface area (TPSA) is 92.0 Å². The van der Waals surface area contributed by atoms with E-state index in [1.54, 1.807) is 24.4 Å². The van der Waals surface area contributed by atoms with Crippen molar-refractivity contribution < 1.29 is 22.7 Å². The molecule has 5 rings (SSSR count). The number of hydrogen-bond acceptors (Lipinski definition) is 6. The average molecular weight is 510 g/mol. The average Bonchev–Trinajstić information content (AvgIpc) is 2.88. The Balaban J connectivity index is 1.47. The molecular formula is C27H26F3N5O2. The highest BCUT2D eigenvalue weighted by Crippen LogP contribution is 2.36. The van der Waals surface area contributed by atoms with Crippen LogP contribution in [0.3, 0.4) is 0 Å². The van der Waals surface area contributed by atoms with E-state index in [0.717, 1.165) is 28.9 Å². The van der Waals surface area contributed by atoms with Crippen LogP contribution in [0, 0.1) is 6.92 Å². The van der Waals surface area contributed by atoms with Crippen molar-refractivity contribution in [3.8, 4) is 0 Å². The minimum absolute atomic E-state index is 0.0778. The number of nitrogens with two attached hydrogens (primary N) is 1. The molecule has 3 aromatic carbocycles. The lowest BCUT2D eigenvalue weighted by Gasteiger charge is -2.33. The standard InChI is InChI=1S/C27H26F3N5O2/c1-17-6-7-18(14-21(17)27(31)32-16-19-4-2-3-5-22(19)34-27)25(36)33-23-15-20(26(28,29)30)8-9-24(23)35-10-12-37-13-11-35/h2-9,14-16,34H,10-13,31H2,1H3,(H,33,36).